The Kier molecular flexibility index (Phi) is 18.4. The Bertz CT molecular complexity index is 3410. The summed E-state index contributed by atoms with van der Waals surface area (Å²) in [5.74, 6) is 6.01. The van der Waals surface area contributed by atoms with E-state index >= 15 is 0 Å². The number of carbonyl (C=O) groups is 7. The number of aliphatic hydroxyl groups is 1. The van der Waals surface area contributed by atoms with Gasteiger partial charge in [0.05, 0.1) is 32.5 Å². The standard InChI is InChI=1S/C22H30O3.C21H32O4.C20H26O2.C19H24O3.C2H7P/c1-14-6-8-20(2)15(12-14)4-5-16-17-7-9-22(24-10-11-25-22)21(17,3)13-18(23)19(16)20;1-19-7-5-14(22)11-13(19)3-4-15-16-6-8-21(24-9-10-25-21)20(16,2)12-17(23)18(15)19;1-12-8-9-19(2)13(10-12)4-5-14-15-6-7-17(22)20(15,3)11-16(21)18(14)19;1-18-8-7-12(20)9-11(18)3-4-13-14-5-6-16(22)19(14,2)10-15(21)17(13)18;1-3-2/h4,12,16-17,19H,5-11,13H2,1-3H3;13-16,18,22H,3-12H2,1-2H3;4,10,14-15,18H,5-9,11H2,1-3H3;9,13-14,17H,3-8,10H2,1-2H3;3H,1-2H3/t16?,17?,19?,20-,21-;13-,14-,15?,16?,18?,19+,20+;14?,15?,18?,19-,20-;13?,14?,17?,18-,19-;/m0100./s1. The van der Waals surface area contributed by atoms with Crippen LogP contribution in [-0.2, 0) is 52.5 Å². The molecular formula is C84H119O12P. The Morgan fingerprint density at radius 1 is 0.423 bits per heavy atom. The number of hydrogen-bond acceptors (Lipinski definition) is 12. The number of rotatable bonds is 0. The normalized spacial score (nSPS) is 48.0. The van der Waals surface area contributed by atoms with Gasteiger partial charge in [0.25, 0.3) is 0 Å². The summed E-state index contributed by atoms with van der Waals surface area (Å²) in [6.45, 7) is 29.3. The SMILES string of the molecule is CC1=CC2=CCC3C(C(=O)C[C@@]4(C)C3CCC43OCCO3)[C@@]2(C)CC1.CC1=CC2=CCC3C(C(=O)C[C@]4(C)C(=O)CCC34)[C@@]2(C)CC1.CPC.C[C@]12CC(=O)C3C(CC[C@@H]4C[C@H](O)CC[C@]34C)C1CCC21OCCO1.C[C@]12CCC(=O)C=C1CCC1C2C(=O)C[C@]2(C)C(=O)CCC12. The van der Waals surface area contributed by atoms with Crippen molar-refractivity contribution >= 4 is 49.1 Å². The van der Waals surface area contributed by atoms with Gasteiger partial charge in [0.15, 0.2) is 17.4 Å². The fourth-order valence-electron chi connectivity index (χ4n) is 27.3. The van der Waals surface area contributed by atoms with Crippen molar-refractivity contribution in [1.82, 2.24) is 0 Å². The second-order valence-corrected chi connectivity index (χ2v) is 38.0. The molecule has 97 heavy (non-hydrogen) atoms. The number of fused-ring (bicyclic) bond motifs is 22. The molecule has 532 valence electrons. The van der Waals surface area contributed by atoms with Gasteiger partial charge in [0.2, 0.25) is 0 Å². The molecule has 2 saturated heterocycles. The third-order valence-corrected chi connectivity index (χ3v) is 32.3. The summed E-state index contributed by atoms with van der Waals surface area (Å²) >= 11 is 0. The molecule has 2 aliphatic heterocycles. The molecule has 0 aromatic heterocycles. The Hall–Kier alpha value is -3.38. The molecular weight excluding hydrogens is 1230 g/mol. The average molecular weight is 1350 g/mol. The Morgan fingerprint density at radius 2 is 0.856 bits per heavy atom. The number of hydrogen-bond donors (Lipinski definition) is 1. The second-order valence-electron chi connectivity index (χ2n) is 37.0. The highest BCUT2D eigenvalue weighted by Gasteiger charge is 2.72. The predicted molar refractivity (Wildman–Crippen MR) is 377 cm³/mol. The van der Waals surface area contributed by atoms with E-state index in [9.17, 15) is 38.7 Å². The zero-order valence-corrected chi connectivity index (χ0v) is 62.3. The molecule has 0 amide bonds. The van der Waals surface area contributed by atoms with Crippen LogP contribution in [-0.4, -0.2) is 103 Å². The van der Waals surface area contributed by atoms with E-state index in [4.69, 9.17) is 18.9 Å². The van der Waals surface area contributed by atoms with E-state index in [1.807, 2.05) is 13.0 Å². The summed E-state index contributed by atoms with van der Waals surface area (Å²) < 4.78 is 24.6. The van der Waals surface area contributed by atoms with E-state index in [2.05, 4.69) is 99.9 Å². The molecule has 13 fully saturated rings. The lowest BCUT2D eigenvalue weighted by Gasteiger charge is -2.60. The number of ketones is 7. The lowest BCUT2D eigenvalue weighted by Crippen LogP contribution is -2.60. The highest BCUT2D eigenvalue weighted by atomic mass is 31.1. The maximum atomic E-state index is 13.5. The Balaban J connectivity index is 0.000000110. The van der Waals surface area contributed by atoms with E-state index in [1.54, 1.807) is 0 Å². The van der Waals surface area contributed by atoms with Gasteiger partial charge < -0.3 is 24.1 Å². The summed E-state index contributed by atoms with van der Waals surface area (Å²) in [7, 11) is 1.08. The summed E-state index contributed by atoms with van der Waals surface area (Å²) in [4.78, 5) is 89.5. The van der Waals surface area contributed by atoms with E-state index in [1.165, 1.54) is 34.3 Å². The molecule has 18 rings (SSSR count). The quantitative estimate of drug-likeness (QED) is 0.227. The van der Waals surface area contributed by atoms with Crippen LogP contribution in [0.15, 0.2) is 58.2 Å². The van der Waals surface area contributed by atoms with Crippen LogP contribution in [0.3, 0.4) is 0 Å². The first-order valence-electron chi connectivity index (χ1n) is 38.9. The highest BCUT2D eigenvalue weighted by Crippen LogP contribution is 2.71. The monoisotopic (exact) mass is 1350 g/mol. The van der Waals surface area contributed by atoms with Crippen molar-refractivity contribution in [3.05, 3.63) is 58.2 Å². The minimum absolute atomic E-state index is 0.00643. The molecule has 13 heteroatoms. The van der Waals surface area contributed by atoms with E-state index < -0.39 is 17.0 Å². The molecule has 22 atom stereocenters. The Labute approximate surface area is 582 Å². The van der Waals surface area contributed by atoms with Gasteiger partial charge in [-0.25, -0.2) is 0 Å². The average Bonchev–Trinajstić information content (AvgIpc) is 1.63. The van der Waals surface area contributed by atoms with Crippen LogP contribution in [0.25, 0.3) is 0 Å². The van der Waals surface area contributed by atoms with Crippen LogP contribution in [0.2, 0.25) is 0 Å². The smallest absolute Gasteiger partial charge is 0.174 e. The van der Waals surface area contributed by atoms with Gasteiger partial charge in [-0.3, -0.25) is 33.6 Å². The minimum Gasteiger partial charge on any atom is -0.393 e. The number of aliphatic hydroxyl groups excluding tert-OH is 1. The molecule has 12 nitrogen and oxygen atoms in total. The topological polar surface area (TPSA) is 177 Å². The summed E-state index contributed by atoms with van der Waals surface area (Å²) in [5.41, 5.74) is 5.84. The van der Waals surface area contributed by atoms with Crippen molar-refractivity contribution in [3.8, 4) is 0 Å². The van der Waals surface area contributed by atoms with Crippen molar-refractivity contribution in [2.45, 2.75) is 260 Å². The molecule has 1 N–H and O–H groups in total. The zero-order chi connectivity index (χ0) is 69.0. The minimum atomic E-state index is -0.501. The van der Waals surface area contributed by atoms with Crippen molar-refractivity contribution in [1.29, 1.82) is 0 Å². The van der Waals surface area contributed by atoms with E-state index in [0.717, 1.165) is 131 Å². The molecule has 0 aromatic rings. The Morgan fingerprint density at radius 3 is 1.37 bits per heavy atom. The van der Waals surface area contributed by atoms with E-state index in [-0.39, 0.29) is 79.2 Å². The summed E-state index contributed by atoms with van der Waals surface area (Å²) in [6.07, 6.45) is 35.6. The van der Waals surface area contributed by atoms with Gasteiger partial charge in [-0.1, -0.05) is 96.4 Å². The largest absolute Gasteiger partial charge is 0.393 e. The first kappa shape index (κ1) is 70.6. The van der Waals surface area contributed by atoms with Crippen LogP contribution in [0.1, 0.15) is 243 Å². The first-order valence-corrected chi connectivity index (χ1v) is 40.9. The maximum Gasteiger partial charge on any atom is 0.174 e. The van der Waals surface area contributed by atoms with Crippen LogP contribution < -0.4 is 0 Å². The van der Waals surface area contributed by atoms with Gasteiger partial charge in [0, 0.05) is 114 Å². The van der Waals surface area contributed by atoms with Crippen molar-refractivity contribution < 1.29 is 57.6 Å². The number of allylic oxidation sites excluding steroid dienone is 9. The van der Waals surface area contributed by atoms with Gasteiger partial charge in [0.1, 0.15) is 34.7 Å². The van der Waals surface area contributed by atoms with Crippen molar-refractivity contribution in [3.63, 3.8) is 0 Å². The van der Waals surface area contributed by atoms with Crippen LogP contribution in [0, 0.1) is 120 Å². The molecule has 2 spiro atoms. The number of carbonyl (C=O) groups excluding carboxylic acids is 7. The van der Waals surface area contributed by atoms with Gasteiger partial charge in [-0.05, 0) is 224 Å². The molecule has 0 radical (unpaired) electrons. The third kappa shape index (κ3) is 10.7. The van der Waals surface area contributed by atoms with Gasteiger partial charge >= 0.3 is 0 Å². The molecule has 18 aliphatic rings. The highest BCUT2D eigenvalue weighted by molar-refractivity contribution is 7.35. The summed E-state index contributed by atoms with van der Waals surface area (Å²) in [5, 5.41) is 10.1. The molecule has 0 aromatic carbocycles. The molecule has 11 saturated carbocycles. The van der Waals surface area contributed by atoms with Gasteiger partial charge in [-0.15, -0.1) is 8.58 Å². The van der Waals surface area contributed by atoms with Crippen LogP contribution >= 0.6 is 8.58 Å². The fraction of sp³-hybridized carbons (Fsp3) is 0.798. The molecule has 12 unspecified atom stereocenters. The van der Waals surface area contributed by atoms with E-state index in [0.29, 0.717) is 154 Å². The number of Topliss-reactive ketones (excluding diaryl/α,β-unsaturated/α-hetero) is 6. The second kappa shape index (κ2) is 25.2. The third-order valence-electron chi connectivity index (χ3n) is 32.3. The summed E-state index contributed by atoms with van der Waals surface area (Å²) in [6, 6.07) is 0. The van der Waals surface area contributed by atoms with Crippen molar-refractivity contribution in [2.24, 2.45) is 120 Å². The van der Waals surface area contributed by atoms with Crippen LogP contribution in [0.5, 0.6) is 0 Å². The van der Waals surface area contributed by atoms with Crippen LogP contribution in [0.4, 0.5) is 0 Å². The fourth-order valence-corrected chi connectivity index (χ4v) is 27.3. The van der Waals surface area contributed by atoms with Crippen molar-refractivity contribution in [2.75, 3.05) is 39.8 Å². The predicted octanol–water partition coefficient (Wildman–Crippen LogP) is 16.2. The lowest BCUT2D eigenvalue weighted by atomic mass is 9.44. The first-order chi connectivity index (χ1) is 45.9. The molecule has 0 bridgehead atoms. The number of ether oxygens (including phenoxy) is 4. The zero-order valence-electron chi connectivity index (χ0n) is 61.3. The molecule has 2 heterocycles. The lowest BCUT2D eigenvalue weighted by molar-refractivity contribution is -0.242. The van der Waals surface area contributed by atoms with Gasteiger partial charge in [-0.2, -0.15) is 0 Å². The molecule has 16 aliphatic carbocycles. The maximum absolute atomic E-state index is 13.5.